The molecule has 0 aromatic heterocycles. The molecular weight excluding hydrogens is 156 g/mol. The molecule has 60 valence electrons. The van der Waals surface area contributed by atoms with Crippen molar-refractivity contribution in [2.24, 2.45) is 5.73 Å². The van der Waals surface area contributed by atoms with Crippen LogP contribution in [0.5, 0.6) is 0 Å². The van der Waals surface area contributed by atoms with Crippen molar-refractivity contribution in [3.63, 3.8) is 0 Å². The van der Waals surface area contributed by atoms with Gasteiger partial charge in [-0.2, -0.15) is 0 Å². The third-order valence-corrected chi connectivity index (χ3v) is 2.34. The molecular formula is C4H10N2O3S. The monoisotopic (exact) mass is 166 g/mol. The molecule has 6 heteroatoms. The number of nitrogens with two attached hydrogens (primary N) is 1. The zero-order valence-electron chi connectivity index (χ0n) is 5.57. The summed E-state index contributed by atoms with van der Waals surface area (Å²) in [6.45, 7) is 0. The van der Waals surface area contributed by atoms with E-state index in [1.54, 1.807) is 0 Å². The topological polar surface area (TPSA) is 89.3 Å². The lowest BCUT2D eigenvalue weighted by Gasteiger charge is -2.02. The molecule has 0 saturated heterocycles. The molecule has 1 atom stereocenters. The molecule has 0 aromatic rings. The van der Waals surface area contributed by atoms with Crippen molar-refractivity contribution >= 4 is 16.3 Å². The van der Waals surface area contributed by atoms with Crippen molar-refractivity contribution in [1.82, 2.24) is 4.72 Å². The Kier molecular flexibility index (Phi) is 3.48. The minimum Gasteiger partial charge on any atom is -0.321 e. The molecule has 0 unspecified atom stereocenters. The van der Waals surface area contributed by atoms with Crippen LogP contribution in [0.2, 0.25) is 0 Å². The average molecular weight is 166 g/mol. The van der Waals surface area contributed by atoms with Gasteiger partial charge in [-0.25, -0.2) is 13.1 Å². The van der Waals surface area contributed by atoms with Gasteiger partial charge >= 0.3 is 0 Å². The van der Waals surface area contributed by atoms with Gasteiger partial charge in [-0.05, 0) is 7.05 Å². The molecule has 3 N–H and O–H groups in total. The number of sulfonamides is 1. The van der Waals surface area contributed by atoms with Crippen LogP contribution in [-0.2, 0) is 14.8 Å². The van der Waals surface area contributed by atoms with E-state index < -0.39 is 16.1 Å². The third kappa shape index (κ3) is 3.54. The Balaban J connectivity index is 4.02. The first-order chi connectivity index (χ1) is 4.52. The van der Waals surface area contributed by atoms with Gasteiger partial charge in [-0.3, -0.25) is 0 Å². The maximum atomic E-state index is 10.6. The maximum absolute atomic E-state index is 10.6. The zero-order valence-corrected chi connectivity index (χ0v) is 6.39. The van der Waals surface area contributed by atoms with Gasteiger partial charge in [0, 0.05) is 0 Å². The van der Waals surface area contributed by atoms with Crippen molar-refractivity contribution in [1.29, 1.82) is 0 Å². The maximum Gasteiger partial charge on any atom is 0.213 e. The fourth-order valence-electron chi connectivity index (χ4n) is 0.376. The van der Waals surface area contributed by atoms with E-state index in [-0.39, 0.29) is 5.75 Å². The van der Waals surface area contributed by atoms with Gasteiger partial charge in [0.1, 0.15) is 6.29 Å². The lowest BCUT2D eigenvalue weighted by molar-refractivity contribution is -0.108. The number of carbonyl (C=O) groups is 1. The molecule has 0 aliphatic carbocycles. The predicted octanol–water partition coefficient (Wildman–Crippen LogP) is -1.94. The zero-order chi connectivity index (χ0) is 8.20. The van der Waals surface area contributed by atoms with E-state index in [0.717, 1.165) is 0 Å². The van der Waals surface area contributed by atoms with Gasteiger partial charge in [-0.1, -0.05) is 0 Å². The molecule has 0 aliphatic rings. The Morgan fingerprint density at radius 2 is 2.20 bits per heavy atom. The van der Waals surface area contributed by atoms with Crippen LogP contribution in [-0.4, -0.2) is 33.5 Å². The first-order valence-corrected chi connectivity index (χ1v) is 4.29. The lowest BCUT2D eigenvalue weighted by atomic mass is 10.4. The van der Waals surface area contributed by atoms with Crippen molar-refractivity contribution in [3.8, 4) is 0 Å². The van der Waals surface area contributed by atoms with E-state index >= 15 is 0 Å². The van der Waals surface area contributed by atoms with Gasteiger partial charge in [0.05, 0.1) is 11.8 Å². The fourth-order valence-corrected chi connectivity index (χ4v) is 1.13. The van der Waals surface area contributed by atoms with Gasteiger partial charge in [0.15, 0.2) is 0 Å². The largest absolute Gasteiger partial charge is 0.321 e. The molecule has 0 spiro atoms. The number of aldehydes is 1. The van der Waals surface area contributed by atoms with E-state index in [1.165, 1.54) is 7.05 Å². The van der Waals surface area contributed by atoms with Crippen LogP contribution >= 0.6 is 0 Å². The summed E-state index contributed by atoms with van der Waals surface area (Å²) in [6, 6.07) is -0.933. The Bertz CT molecular complexity index is 199. The minimum atomic E-state index is -3.34. The number of hydrogen-bond acceptors (Lipinski definition) is 4. The summed E-state index contributed by atoms with van der Waals surface area (Å²) in [5.74, 6) is -0.354. The molecule has 0 aromatic carbocycles. The second-order valence-electron chi connectivity index (χ2n) is 1.79. The van der Waals surface area contributed by atoms with Crippen LogP contribution in [0.25, 0.3) is 0 Å². The highest BCUT2D eigenvalue weighted by Gasteiger charge is 2.11. The summed E-state index contributed by atoms with van der Waals surface area (Å²) in [7, 11) is -2.07. The van der Waals surface area contributed by atoms with Crippen LogP contribution < -0.4 is 10.5 Å². The van der Waals surface area contributed by atoms with E-state index in [2.05, 4.69) is 0 Å². The number of rotatable bonds is 4. The SMILES string of the molecule is CNS(=O)(=O)C[C@H](N)C=O. The highest BCUT2D eigenvalue weighted by Crippen LogP contribution is 1.83. The Hall–Kier alpha value is -0.460. The number of nitrogens with one attached hydrogen (secondary N) is 1. The van der Waals surface area contributed by atoms with Crippen LogP contribution in [0, 0.1) is 0 Å². The van der Waals surface area contributed by atoms with Gasteiger partial charge < -0.3 is 10.5 Å². The Morgan fingerprint density at radius 3 is 2.50 bits per heavy atom. The third-order valence-electron chi connectivity index (χ3n) is 0.898. The number of hydrogen-bond donors (Lipinski definition) is 2. The van der Waals surface area contributed by atoms with Gasteiger partial charge in [0.25, 0.3) is 0 Å². The smallest absolute Gasteiger partial charge is 0.213 e. The predicted molar refractivity (Wildman–Crippen MR) is 36.9 cm³/mol. The quantitative estimate of drug-likeness (QED) is 0.475. The average Bonchev–Trinajstić information content (AvgIpc) is 1.87. The first kappa shape index (κ1) is 9.54. The molecule has 0 radical (unpaired) electrons. The molecule has 10 heavy (non-hydrogen) atoms. The molecule has 5 nitrogen and oxygen atoms in total. The Labute approximate surface area is 59.6 Å². The van der Waals surface area contributed by atoms with Gasteiger partial charge in [0.2, 0.25) is 10.0 Å². The molecule has 0 fully saturated rings. The van der Waals surface area contributed by atoms with Crippen molar-refractivity contribution in [2.75, 3.05) is 12.8 Å². The van der Waals surface area contributed by atoms with Crippen molar-refractivity contribution in [3.05, 3.63) is 0 Å². The summed E-state index contributed by atoms with van der Waals surface area (Å²) >= 11 is 0. The summed E-state index contributed by atoms with van der Waals surface area (Å²) in [5.41, 5.74) is 5.05. The standard InChI is InChI=1S/C4H10N2O3S/c1-6-10(8,9)3-4(5)2-7/h2,4,6H,3,5H2,1H3/t4-/m1/s1. The summed E-state index contributed by atoms with van der Waals surface area (Å²) in [4.78, 5) is 9.88. The highest BCUT2D eigenvalue weighted by molar-refractivity contribution is 7.89. The molecule has 0 amide bonds. The first-order valence-electron chi connectivity index (χ1n) is 2.64. The molecule has 0 aliphatic heterocycles. The normalized spacial score (nSPS) is 14.6. The summed E-state index contributed by atoms with van der Waals surface area (Å²) in [6.07, 6.45) is 0.398. The van der Waals surface area contributed by atoms with Crippen molar-refractivity contribution in [2.45, 2.75) is 6.04 Å². The van der Waals surface area contributed by atoms with E-state index in [9.17, 15) is 13.2 Å². The second-order valence-corrected chi connectivity index (χ2v) is 3.76. The van der Waals surface area contributed by atoms with Crippen molar-refractivity contribution < 1.29 is 13.2 Å². The number of carbonyl (C=O) groups excluding carboxylic acids is 1. The molecule has 0 saturated carbocycles. The van der Waals surface area contributed by atoms with E-state index in [0.29, 0.717) is 6.29 Å². The fraction of sp³-hybridized carbons (Fsp3) is 0.750. The summed E-state index contributed by atoms with van der Waals surface area (Å²) in [5, 5.41) is 0. The van der Waals surface area contributed by atoms with Crippen LogP contribution in [0.3, 0.4) is 0 Å². The Morgan fingerprint density at radius 1 is 1.70 bits per heavy atom. The van der Waals surface area contributed by atoms with Gasteiger partial charge in [-0.15, -0.1) is 0 Å². The van der Waals surface area contributed by atoms with E-state index in [4.69, 9.17) is 5.73 Å². The van der Waals surface area contributed by atoms with Crippen LogP contribution in [0.15, 0.2) is 0 Å². The molecule has 0 bridgehead atoms. The highest BCUT2D eigenvalue weighted by atomic mass is 32.2. The lowest BCUT2D eigenvalue weighted by Crippen LogP contribution is -2.35. The minimum absolute atomic E-state index is 0.354. The molecule has 0 rings (SSSR count). The van der Waals surface area contributed by atoms with Crippen LogP contribution in [0.1, 0.15) is 0 Å². The van der Waals surface area contributed by atoms with Crippen LogP contribution in [0.4, 0.5) is 0 Å². The van der Waals surface area contributed by atoms with E-state index in [1.807, 2.05) is 4.72 Å². The summed E-state index contributed by atoms with van der Waals surface area (Å²) < 4.78 is 23.3. The second kappa shape index (κ2) is 3.65. The molecule has 0 heterocycles.